The van der Waals surface area contributed by atoms with E-state index in [0.29, 0.717) is 12.1 Å². The number of aromatic nitrogens is 2. The Hall–Kier alpha value is -1.03. The standard InChI is InChI=1S/C13H24N4/c1-4-14-12-5-7-16(8-6-12)13-9-15-17(10-13)11(2)3/h9-12,14H,4-8H2,1-3H3. The molecule has 1 N–H and O–H groups in total. The van der Waals surface area contributed by atoms with Crippen LogP contribution in [0.25, 0.3) is 0 Å². The first-order valence-electron chi connectivity index (χ1n) is 6.73. The van der Waals surface area contributed by atoms with Gasteiger partial charge in [0.25, 0.3) is 0 Å². The lowest BCUT2D eigenvalue weighted by atomic mass is 10.0. The van der Waals surface area contributed by atoms with Crippen molar-refractivity contribution in [3.05, 3.63) is 12.4 Å². The second kappa shape index (κ2) is 5.54. The highest BCUT2D eigenvalue weighted by molar-refractivity contribution is 5.42. The van der Waals surface area contributed by atoms with Crippen LogP contribution in [0, 0.1) is 0 Å². The van der Waals surface area contributed by atoms with Crippen molar-refractivity contribution >= 4 is 5.69 Å². The first-order chi connectivity index (χ1) is 8.20. The van der Waals surface area contributed by atoms with Crippen molar-refractivity contribution in [2.75, 3.05) is 24.5 Å². The Morgan fingerprint density at radius 2 is 2.12 bits per heavy atom. The van der Waals surface area contributed by atoms with Crippen LogP contribution in [0.1, 0.15) is 39.7 Å². The second-order valence-corrected chi connectivity index (χ2v) is 5.09. The average Bonchev–Trinajstić information content (AvgIpc) is 2.80. The van der Waals surface area contributed by atoms with Crippen LogP contribution in [0.2, 0.25) is 0 Å². The normalized spacial score (nSPS) is 18.0. The predicted molar refractivity (Wildman–Crippen MR) is 71.5 cm³/mol. The van der Waals surface area contributed by atoms with Gasteiger partial charge in [0.15, 0.2) is 0 Å². The summed E-state index contributed by atoms with van der Waals surface area (Å²) in [4.78, 5) is 2.44. The summed E-state index contributed by atoms with van der Waals surface area (Å²) in [6.45, 7) is 9.86. The zero-order chi connectivity index (χ0) is 12.3. The first-order valence-corrected chi connectivity index (χ1v) is 6.73. The van der Waals surface area contributed by atoms with Crippen LogP contribution >= 0.6 is 0 Å². The van der Waals surface area contributed by atoms with Crippen LogP contribution in [-0.2, 0) is 0 Å². The second-order valence-electron chi connectivity index (χ2n) is 5.09. The van der Waals surface area contributed by atoms with Gasteiger partial charge in [-0.3, -0.25) is 4.68 Å². The summed E-state index contributed by atoms with van der Waals surface area (Å²) in [6, 6.07) is 1.15. The highest BCUT2D eigenvalue weighted by Gasteiger charge is 2.19. The van der Waals surface area contributed by atoms with E-state index >= 15 is 0 Å². The Morgan fingerprint density at radius 1 is 1.41 bits per heavy atom. The molecule has 4 heteroatoms. The number of nitrogens with zero attached hydrogens (tertiary/aromatic N) is 3. The van der Waals surface area contributed by atoms with Crippen molar-refractivity contribution in [2.45, 2.75) is 45.7 Å². The Balaban J connectivity index is 1.91. The Kier molecular flexibility index (Phi) is 4.05. The molecular formula is C13H24N4. The monoisotopic (exact) mass is 236 g/mol. The molecule has 2 rings (SSSR count). The molecule has 0 atom stereocenters. The summed E-state index contributed by atoms with van der Waals surface area (Å²) in [5, 5.41) is 7.94. The number of anilines is 1. The molecule has 0 bridgehead atoms. The van der Waals surface area contributed by atoms with Gasteiger partial charge in [0, 0.05) is 31.4 Å². The smallest absolute Gasteiger partial charge is 0.0752 e. The topological polar surface area (TPSA) is 33.1 Å². The summed E-state index contributed by atoms with van der Waals surface area (Å²) < 4.78 is 2.03. The van der Waals surface area contributed by atoms with E-state index in [0.717, 1.165) is 19.6 Å². The molecule has 0 unspecified atom stereocenters. The van der Waals surface area contributed by atoms with Gasteiger partial charge >= 0.3 is 0 Å². The molecule has 4 nitrogen and oxygen atoms in total. The fourth-order valence-corrected chi connectivity index (χ4v) is 2.40. The van der Waals surface area contributed by atoms with E-state index in [1.165, 1.54) is 18.5 Å². The van der Waals surface area contributed by atoms with Gasteiger partial charge in [-0.05, 0) is 33.2 Å². The lowest BCUT2D eigenvalue weighted by Crippen LogP contribution is -2.42. The van der Waals surface area contributed by atoms with E-state index in [1.54, 1.807) is 0 Å². The van der Waals surface area contributed by atoms with Crippen molar-refractivity contribution in [1.82, 2.24) is 15.1 Å². The molecule has 0 spiro atoms. The van der Waals surface area contributed by atoms with E-state index in [9.17, 15) is 0 Å². The Morgan fingerprint density at radius 3 is 2.65 bits per heavy atom. The van der Waals surface area contributed by atoms with Gasteiger partial charge in [0.2, 0.25) is 0 Å². The summed E-state index contributed by atoms with van der Waals surface area (Å²) in [7, 11) is 0. The highest BCUT2D eigenvalue weighted by atomic mass is 15.3. The van der Waals surface area contributed by atoms with Gasteiger partial charge in [-0.1, -0.05) is 6.92 Å². The van der Waals surface area contributed by atoms with Crippen LogP contribution in [-0.4, -0.2) is 35.5 Å². The van der Waals surface area contributed by atoms with Gasteiger partial charge in [-0.2, -0.15) is 5.10 Å². The number of nitrogens with one attached hydrogen (secondary N) is 1. The van der Waals surface area contributed by atoms with Crippen LogP contribution in [0.3, 0.4) is 0 Å². The van der Waals surface area contributed by atoms with Crippen LogP contribution < -0.4 is 10.2 Å². The van der Waals surface area contributed by atoms with Crippen LogP contribution in [0.5, 0.6) is 0 Å². The molecule has 0 aliphatic carbocycles. The number of rotatable bonds is 4. The molecule has 96 valence electrons. The van der Waals surface area contributed by atoms with Gasteiger partial charge < -0.3 is 10.2 Å². The van der Waals surface area contributed by atoms with Gasteiger partial charge in [-0.15, -0.1) is 0 Å². The molecule has 0 radical (unpaired) electrons. The highest BCUT2D eigenvalue weighted by Crippen LogP contribution is 2.20. The van der Waals surface area contributed by atoms with E-state index in [1.807, 2.05) is 10.9 Å². The molecule has 0 saturated carbocycles. The van der Waals surface area contributed by atoms with Crippen molar-refractivity contribution in [1.29, 1.82) is 0 Å². The third kappa shape index (κ3) is 3.00. The molecule has 1 aliphatic rings. The molecule has 0 aromatic carbocycles. The minimum absolute atomic E-state index is 0.447. The number of piperidine rings is 1. The van der Waals surface area contributed by atoms with Gasteiger partial charge in [-0.25, -0.2) is 0 Å². The van der Waals surface area contributed by atoms with Gasteiger partial charge in [0.1, 0.15) is 0 Å². The third-order valence-corrected chi connectivity index (χ3v) is 3.47. The maximum Gasteiger partial charge on any atom is 0.0752 e. The molecule has 1 aliphatic heterocycles. The summed E-state index contributed by atoms with van der Waals surface area (Å²) in [5.74, 6) is 0. The summed E-state index contributed by atoms with van der Waals surface area (Å²) in [5.41, 5.74) is 1.27. The lowest BCUT2D eigenvalue weighted by molar-refractivity contribution is 0.424. The van der Waals surface area contributed by atoms with E-state index in [4.69, 9.17) is 0 Å². The Bertz CT molecular complexity index is 337. The molecule has 1 aromatic heterocycles. The zero-order valence-corrected chi connectivity index (χ0v) is 11.2. The third-order valence-electron chi connectivity index (χ3n) is 3.47. The number of hydrogen-bond acceptors (Lipinski definition) is 3. The summed E-state index contributed by atoms with van der Waals surface area (Å²) in [6.07, 6.45) is 6.63. The molecule has 2 heterocycles. The van der Waals surface area contributed by atoms with E-state index in [-0.39, 0.29) is 0 Å². The first kappa shape index (κ1) is 12.4. The van der Waals surface area contributed by atoms with Crippen LogP contribution in [0.15, 0.2) is 12.4 Å². The van der Waals surface area contributed by atoms with E-state index < -0.39 is 0 Å². The molecule has 17 heavy (non-hydrogen) atoms. The largest absolute Gasteiger partial charge is 0.369 e. The molecule has 0 amide bonds. The quantitative estimate of drug-likeness (QED) is 0.868. The van der Waals surface area contributed by atoms with E-state index in [2.05, 4.69) is 42.3 Å². The maximum absolute atomic E-state index is 4.41. The zero-order valence-electron chi connectivity index (χ0n) is 11.2. The molecule has 1 saturated heterocycles. The van der Waals surface area contributed by atoms with Crippen molar-refractivity contribution in [3.8, 4) is 0 Å². The molecular weight excluding hydrogens is 212 g/mol. The maximum atomic E-state index is 4.41. The SMILES string of the molecule is CCNC1CCN(c2cnn(C(C)C)c2)CC1. The Labute approximate surface area is 104 Å². The fourth-order valence-electron chi connectivity index (χ4n) is 2.40. The predicted octanol–water partition coefficient (Wildman–Crippen LogP) is 2.04. The fraction of sp³-hybridized carbons (Fsp3) is 0.769. The van der Waals surface area contributed by atoms with Crippen molar-refractivity contribution in [3.63, 3.8) is 0 Å². The minimum atomic E-state index is 0.447. The average molecular weight is 236 g/mol. The van der Waals surface area contributed by atoms with Crippen molar-refractivity contribution in [2.24, 2.45) is 0 Å². The molecule has 1 aromatic rings. The van der Waals surface area contributed by atoms with Crippen molar-refractivity contribution < 1.29 is 0 Å². The minimum Gasteiger partial charge on any atom is -0.369 e. The molecule has 1 fully saturated rings. The van der Waals surface area contributed by atoms with Crippen LogP contribution in [0.4, 0.5) is 5.69 Å². The number of hydrogen-bond donors (Lipinski definition) is 1. The summed E-state index contributed by atoms with van der Waals surface area (Å²) >= 11 is 0. The lowest BCUT2D eigenvalue weighted by Gasteiger charge is -2.32. The van der Waals surface area contributed by atoms with Gasteiger partial charge in [0.05, 0.1) is 11.9 Å².